The van der Waals surface area contributed by atoms with E-state index in [-0.39, 0.29) is 0 Å². The number of halogens is 1. The van der Waals surface area contributed by atoms with Gasteiger partial charge in [-0.3, -0.25) is 0 Å². The number of H-pyrrole nitrogens is 1. The highest BCUT2D eigenvalue weighted by atomic mass is 79.9. The summed E-state index contributed by atoms with van der Waals surface area (Å²) in [5.41, 5.74) is 2.51. The molecule has 3 heteroatoms. The fourth-order valence-electron chi connectivity index (χ4n) is 1.61. The minimum absolute atomic E-state index is 0.358. The van der Waals surface area contributed by atoms with Crippen molar-refractivity contribution in [3.8, 4) is 0 Å². The van der Waals surface area contributed by atoms with E-state index in [1.165, 1.54) is 11.3 Å². The lowest BCUT2D eigenvalue weighted by Gasteiger charge is -2.13. The quantitative estimate of drug-likeness (QED) is 0.878. The van der Waals surface area contributed by atoms with E-state index in [1.54, 1.807) is 0 Å². The lowest BCUT2D eigenvalue weighted by Crippen LogP contribution is -2.18. The van der Waals surface area contributed by atoms with Gasteiger partial charge in [0.1, 0.15) is 0 Å². The van der Waals surface area contributed by atoms with Crippen LogP contribution in [-0.2, 0) is 6.54 Å². The third-order valence-electron chi connectivity index (χ3n) is 2.63. The van der Waals surface area contributed by atoms with Crippen molar-refractivity contribution in [3.05, 3.63) is 58.3 Å². The Balaban J connectivity index is 1.93. The molecule has 0 aliphatic carbocycles. The van der Waals surface area contributed by atoms with E-state index in [0.717, 1.165) is 11.0 Å². The molecule has 2 aromatic rings. The van der Waals surface area contributed by atoms with Crippen LogP contribution in [0.15, 0.2) is 47.1 Å². The molecule has 0 aliphatic rings. The first-order valence-electron chi connectivity index (χ1n) is 5.37. The zero-order chi connectivity index (χ0) is 11.4. The highest BCUT2D eigenvalue weighted by Gasteiger charge is 2.04. The predicted molar refractivity (Wildman–Crippen MR) is 70.2 cm³/mol. The van der Waals surface area contributed by atoms with Crippen LogP contribution in [0.5, 0.6) is 0 Å². The van der Waals surface area contributed by atoms with Crippen LogP contribution in [0.25, 0.3) is 0 Å². The van der Waals surface area contributed by atoms with Crippen LogP contribution >= 0.6 is 15.9 Å². The Hall–Kier alpha value is -1.06. The number of hydrogen-bond donors (Lipinski definition) is 2. The fourth-order valence-corrected chi connectivity index (χ4v) is 1.87. The fraction of sp³-hybridized carbons (Fsp3) is 0.231. The summed E-state index contributed by atoms with van der Waals surface area (Å²) in [6.07, 6.45) is 1.95. The summed E-state index contributed by atoms with van der Waals surface area (Å²) in [4.78, 5) is 3.18. The molecule has 1 atom stereocenters. The Morgan fingerprint density at radius 3 is 2.62 bits per heavy atom. The van der Waals surface area contributed by atoms with E-state index in [4.69, 9.17) is 0 Å². The number of aromatic amines is 1. The summed E-state index contributed by atoms with van der Waals surface area (Å²) < 4.78 is 1.12. The second-order valence-electron chi connectivity index (χ2n) is 3.85. The van der Waals surface area contributed by atoms with Gasteiger partial charge >= 0.3 is 0 Å². The van der Waals surface area contributed by atoms with Crippen molar-refractivity contribution in [2.75, 3.05) is 0 Å². The number of rotatable bonds is 4. The SMILES string of the molecule is C[C@@H](NCc1ccc[nH]1)c1ccc(Br)cc1. The van der Waals surface area contributed by atoms with E-state index >= 15 is 0 Å². The van der Waals surface area contributed by atoms with Crippen LogP contribution < -0.4 is 5.32 Å². The van der Waals surface area contributed by atoms with Crippen LogP contribution in [0.2, 0.25) is 0 Å². The maximum absolute atomic E-state index is 3.47. The van der Waals surface area contributed by atoms with Gasteiger partial charge in [-0.05, 0) is 36.8 Å². The van der Waals surface area contributed by atoms with Gasteiger partial charge in [0.2, 0.25) is 0 Å². The number of aromatic nitrogens is 1. The molecule has 1 heterocycles. The highest BCUT2D eigenvalue weighted by molar-refractivity contribution is 9.10. The molecule has 1 aromatic heterocycles. The molecule has 0 amide bonds. The first kappa shape index (κ1) is 11.4. The van der Waals surface area contributed by atoms with Gasteiger partial charge in [-0.1, -0.05) is 28.1 Å². The summed E-state index contributed by atoms with van der Waals surface area (Å²) in [5, 5.41) is 3.47. The maximum Gasteiger partial charge on any atom is 0.0362 e. The van der Waals surface area contributed by atoms with Crippen LogP contribution in [-0.4, -0.2) is 4.98 Å². The van der Waals surface area contributed by atoms with Crippen molar-refractivity contribution in [2.24, 2.45) is 0 Å². The monoisotopic (exact) mass is 278 g/mol. The Bertz CT molecular complexity index is 420. The molecule has 0 saturated heterocycles. The second-order valence-corrected chi connectivity index (χ2v) is 4.77. The molecule has 16 heavy (non-hydrogen) atoms. The second kappa shape index (κ2) is 5.32. The molecule has 0 fully saturated rings. The Kier molecular flexibility index (Phi) is 3.80. The van der Waals surface area contributed by atoms with E-state index < -0.39 is 0 Å². The molecule has 0 unspecified atom stereocenters. The molecule has 2 rings (SSSR count). The Labute approximate surface area is 104 Å². The van der Waals surface area contributed by atoms with Gasteiger partial charge in [-0.15, -0.1) is 0 Å². The van der Waals surface area contributed by atoms with Crippen molar-refractivity contribution in [3.63, 3.8) is 0 Å². The third kappa shape index (κ3) is 2.97. The van der Waals surface area contributed by atoms with Crippen molar-refractivity contribution in [1.29, 1.82) is 0 Å². The number of hydrogen-bond acceptors (Lipinski definition) is 1. The van der Waals surface area contributed by atoms with E-state index in [9.17, 15) is 0 Å². The van der Waals surface area contributed by atoms with Crippen LogP contribution in [0, 0.1) is 0 Å². The van der Waals surface area contributed by atoms with Crippen LogP contribution in [0.1, 0.15) is 24.2 Å². The minimum Gasteiger partial charge on any atom is -0.364 e. The maximum atomic E-state index is 3.47. The smallest absolute Gasteiger partial charge is 0.0362 e. The molecule has 84 valence electrons. The first-order chi connectivity index (χ1) is 7.75. The average molecular weight is 279 g/mol. The topological polar surface area (TPSA) is 27.8 Å². The standard InChI is InChI=1S/C13H15BrN2/c1-10(11-4-6-12(14)7-5-11)16-9-13-3-2-8-15-13/h2-8,10,15-16H,9H2,1H3/t10-/m1/s1. The predicted octanol–water partition coefficient (Wildman–Crippen LogP) is 3.63. The van der Waals surface area contributed by atoms with Crippen molar-refractivity contribution in [1.82, 2.24) is 10.3 Å². The Morgan fingerprint density at radius 1 is 1.25 bits per heavy atom. The zero-order valence-electron chi connectivity index (χ0n) is 9.20. The third-order valence-corrected chi connectivity index (χ3v) is 3.16. The summed E-state index contributed by atoms with van der Waals surface area (Å²) in [6.45, 7) is 3.04. The average Bonchev–Trinajstić information content (AvgIpc) is 2.80. The normalized spacial score (nSPS) is 12.6. The molecular formula is C13H15BrN2. The first-order valence-corrected chi connectivity index (χ1v) is 6.16. The van der Waals surface area contributed by atoms with E-state index in [1.807, 2.05) is 12.3 Å². The lowest BCUT2D eigenvalue weighted by molar-refractivity contribution is 0.569. The molecule has 0 saturated carbocycles. The Morgan fingerprint density at radius 2 is 2.00 bits per heavy atom. The van der Waals surface area contributed by atoms with Gasteiger partial charge in [0, 0.05) is 29.0 Å². The zero-order valence-corrected chi connectivity index (χ0v) is 10.8. The number of benzene rings is 1. The van der Waals surface area contributed by atoms with Crippen molar-refractivity contribution in [2.45, 2.75) is 19.5 Å². The summed E-state index contributed by atoms with van der Waals surface area (Å²) >= 11 is 3.44. The molecule has 2 nitrogen and oxygen atoms in total. The molecule has 2 N–H and O–H groups in total. The minimum atomic E-state index is 0.358. The molecular weight excluding hydrogens is 264 g/mol. The molecule has 0 spiro atoms. The van der Waals surface area contributed by atoms with Crippen LogP contribution in [0.4, 0.5) is 0 Å². The summed E-state index contributed by atoms with van der Waals surface area (Å²) in [5.74, 6) is 0. The number of nitrogens with one attached hydrogen (secondary N) is 2. The largest absolute Gasteiger partial charge is 0.364 e. The summed E-state index contributed by atoms with van der Waals surface area (Å²) in [7, 11) is 0. The van der Waals surface area contributed by atoms with E-state index in [0.29, 0.717) is 6.04 Å². The van der Waals surface area contributed by atoms with Crippen molar-refractivity contribution >= 4 is 15.9 Å². The summed E-state index contributed by atoms with van der Waals surface area (Å²) in [6, 6.07) is 12.9. The molecule has 0 radical (unpaired) electrons. The van der Waals surface area contributed by atoms with Gasteiger partial charge in [-0.2, -0.15) is 0 Å². The van der Waals surface area contributed by atoms with Gasteiger partial charge in [0.05, 0.1) is 0 Å². The molecule has 0 bridgehead atoms. The van der Waals surface area contributed by atoms with Gasteiger partial charge in [-0.25, -0.2) is 0 Å². The molecule has 0 aliphatic heterocycles. The van der Waals surface area contributed by atoms with Gasteiger partial charge < -0.3 is 10.3 Å². The van der Waals surface area contributed by atoms with Gasteiger partial charge in [0.25, 0.3) is 0 Å². The molecule has 1 aromatic carbocycles. The lowest BCUT2D eigenvalue weighted by atomic mass is 10.1. The highest BCUT2D eigenvalue weighted by Crippen LogP contribution is 2.16. The van der Waals surface area contributed by atoms with E-state index in [2.05, 4.69) is 63.5 Å². The van der Waals surface area contributed by atoms with Gasteiger partial charge in [0.15, 0.2) is 0 Å². The van der Waals surface area contributed by atoms with Crippen molar-refractivity contribution < 1.29 is 0 Å². The van der Waals surface area contributed by atoms with Crippen LogP contribution in [0.3, 0.4) is 0 Å².